The highest BCUT2D eigenvalue weighted by Crippen LogP contribution is 2.38. The smallest absolute Gasteiger partial charge is 0.322 e. The van der Waals surface area contributed by atoms with Crippen molar-refractivity contribution in [1.82, 2.24) is 0 Å². The molecule has 0 spiro atoms. The molecule has 0 aliphatic heterocycles. The summed E-state index contributed by atoms with van der Waals surface area (Å²) in [6.07, 6.45) is 4.11. The van der Waals surface area contributed by atoms with Crippen molar-refractivity contribution in [2.75, 3.05) is 10.6 Å². The number of hydrogen-bond acceptors (Lipinski definition) is 3. The minimum atomic E-state index is -4.08. The van der Waals surface area contributed by atoms with Crippen LogP contribution >= 0.6 is 22.9 Å². The molecule has 1 aliphatic rings. The van der Waals surface area contributed by atoms with Gasteiger partial charge in [-0.15, -0.1) is 11.3 Å². The fourth-order valence-corrected chi connectivity index (χ4v) is 4.30. The number of nitrogens with one attached hydrogen (secondary N) is 2. The average Bonchev–Trinajstić information content (AvgIpc) is 2.77. The number of benzene rings is 1. The van der Waals surface area contributed by atoms with Gasteiger partial charge in [-0.1, -0.05) is 6.42 Å². The van der Waals surface area contributed by atoms with Crippen LogP contribution in [-0.2, 0) is 17.6 Å². The maximum absolute atomic E-state index is 13.1. The largest absolute Gasteiger partial charge is 0.400 e. The zero-order chi connectivity index (χ0) is 19.6. The first-order chi connectivity index (χ1) is 12.8. The van der Waals surface area contributed by atoms with Crippen molar-refractivity contribution >= 4 is 45.4 Å². The number of alkyl halides is 3. The van der Waals surface area contributed by atoms with Crippen LogP contribution in [0.1, 0.15) is 40.1 Å². The van der Waals surface area contributed by atoms with Crippen molar-refractivity contribution in [1.29, 1.82) is 0 Å². The van der Waals surface area contributed by atoms with E-state index >= 15 is 0 Å². The van der Waals surface area contributed by atoms with E-state index < -0.39 is 23.0 Å². The SMILES string of the molecule is O=C(Nc1ccc(F)cc1)c1c(NC(=O)C(F)(F)Cl)sc2c1CCCCC2. The Hall–Kier alpha value is -2.06. The number of fused-ring (bicyclic) bond motifs is 1. The summed E-state index contributed by atoms with van der Waals surface area (Å²) in [5, 5.41) is 0.675. The van der Waals surface area contributed by atoms with Crippen molar-refractivity contribution < 1.29 is 22.8 Å². The van der Waals surface area contributed by atoms with Crippen LogP contribution in [0, 0.1) is 5.82 Å². The van der Waals surface area contributed by atoms with Crippen LogP contribution in [-0.4, -0.2) is 17.2 Å². The third-order valence-electron chi connectivity index (χ3n) is 4.23. The molecule has 1 aromatic heterocycles. The van der Waals surface area contributed by atoms with Gasteiger partial charge in [-0.2, -0.15) is 8.78 Å². The normalized spacial score (nSPS) is 14.2. The molecular weight excluding hydrogens is 401 g/mol. The lowest BCUT2D eigenvalue weighted by atomic mass is 10.0. The van der Waals surface area contributed by atoms with Crippen LogP contribution in [0.4, 0.5) is 23.9 Å². The monoisotopic (exact) mass is 416 g/mol. The highest BCUT2D eigenvalue weighted by molar-refractivity contribution is 7.17. The molecule has 0 unspecified atom stereocenters. The molecule has 3 rings (SSSR count). The molecule has 1 aliphatic carbocycles. The Morgan fingerprint density at radius 1 is 1.04 bits per heavy atom. The van der Waals surface area contributed by atoms with Gasteiger partial charge in [0.15, 0.2) is 0 Å². The van der Waals surface area contributed by atoms with E-state index in [0.717, 1.165) is 41.0 Å². The lowest BCUT2D eigenvalue weighted by Crippen LogP contribution is -2.29. The van der Waals surface area contributed by atoms with Gasteiger partial charge in [0.05, 0.1) is 5.56 Å². The van der Waals surface area contributed by atoms with Gasteiger partial charge in [-0.25, -0.2) is 4.39 Å². The second-order valence-corrected chi connectivity index (χ2v) is 7.76. The number of carbonyl (C=O) groups is 2. The van der Waals surface area contributed by atoms with E-state index in [1.54, 1.807) is 0 Å². The van der Waals surface area contributed by atoms with Crippen LogP contribution in [0.2, 0.25) is 0 Å². The van der Waals surface area contributed by atoms with Crippen molar-refractivity contribution in [3.05, 3.63) is 46.1 Å². The number of amides is 2. The Balaban J connectivity index is 1.95. The van der Waals surface area contributed by atoms with Gasteiger partial charge in [0, 0.05) is 10.6 Å². The molecule has 9 heteroatoms. The highest BCUT2D eigenvalue weighted by atomic mass is 35.5. The first kappa shape index (κ1) is 19.7. The average molecular weight is 417 g/mol. The van der Waals surface area contributed by atoms with E-state index in [-0.39, 0.29) is 10.6 Å². The number of carbonyl (C=O) groups excluding carboxylic acids is 2. The number of halogens is 4. The highest BCUT2D eigenvalue weighted by Gasteiger charge is 2.37. The van der Waals surface area contributed by atoms with Crippen molar-refractivity contribution in [2.24, 2.45) is 0 Å². The summed E-state index contributed by atoms with van der Waals surface area (Å²) in [5.74, 6) is -2.68. The van der Waals surface area contributed by atoms with Gasteiger partial charge in [0.2, 0.25) is 0 Å². The zero-order valence-electron chi connectivity index (χ0n) is 14.1. The molecule has 0 saturated carbocycles. The Morgan fingerprint density at radius 2 is 1.70 bits per heavy atom. The summed E-state index contributed by atoms with van der Waals surface area (Å²) in [5.41, 5.74) is 1.27. The van der Waals surface area contributed by atoms with Gasteiger partial charge in [0.1, 0.15) is 10.8 Å². The zero-order valence-corrected chi connectivity index (χ0v) is 15.7. The molecule has 0 bridgehead atoms. The fraction of sp³-hybridized carbons (Fsp3) is 0.333. The molecule has 2 aromatic rings. The predicted molar refractivity (Wildman–Crippen MR) is 99.4 cm³/mol. The number of anilines is 2. The van der Waals surface area contributed by atoms with Crippen LogP contribution in [0.15, 0.2) is 24.3 Å². The lowest BCUT2D eigenvalue weighted by Gasteiger charge is -2.11. The Bertz CT molecular complexity index is 863. The summed E-state index contributed by atoms with van der Waals surface area (Å²) < 4.78 is 39.2. The van der Waals surface area contributed by atoms with E-state index in [2.05, 4.69) is 10.6 Å². The van der Waals surface area contributed by atoms with E-state index in [9.17, 15) is 22.8 Å². The van der Waals surface area contributed by atoms with Crippen LogP contribution in [0.5, 0.6) is 0 Å². The van der Waals surface area contributed by atoms with Gasteiger partial charge in [-0.05, 0) is 67.1 Å². The van der Waals surface area contributed by atoms with Gasteiger partial charge in [-0.3, -0.25) is 9.59 Å². The molecule has 0 radical (unpaired) electrons. The van der Waals surface area contributed by atoms with Crippen LogP contribution in [0.25, 0.3) is 0 Å². The molecule has 1 heterocycles. The maximum atomic E-state index is 13.1. The predicted octanol–water partition coefficient (Wildman–Crippen LogP) is 5.18. The first-order valence-electron chi connectivity index (χ1n) is 8.35. The number of aryl methyl sites for hydroxylation is 1. The molecule has 2 amide bonds. The summed E-state index contributed by atoms with van der Waals surface area (Å²) in [4.78, 5) is 25.3. The molecule has 0 atom stereocenters. The van der Waals surface area contributed by atoms with E-state index in [1.807, 2.05) is 0 Å². The number of rotatable bonds is 4. The Morgan fingerprint density at radius 3 is 2.37 bits per heavy atom. The molecule has 1 aromatic carbocycles. The van der Waals surface area contributed by atoms with Crippen molar-refractivity contribution in [2.45, 2.75) is 37.5 Å². The number of thiophene rings is 1. The Labute approximate surface area is 162 Å². The Kier molecular flexibility index (Phi) is 5.76. The molecule has 0 saturated heterocycles. The summed E-state index contributed by atoms with van der Waals surface area (Å²) in [7, 11) is 0. The van der Waals surface area contributed by atoms with Crippen molar-refractivity contribution in [3.63, 3.8) is 0 Å². The third-order valence-corrected chi connectivity index (χ3v) is 5.61. The van der Waals surface area contributed by atoms with Gasteiger partial charge in [0.25, 0.3) is 5.91 Å². The second kappa shape index (κ2) is 7.90. The van der Waals surface area contributed by atoms with E-state index in [1.165, 1.54) is 24.3 Å². The van der Waals surface area contributed by atoms with Crippen LogP contribution in [0.3, 0.4) is 0 Å². The molecule has 4 nitrogen and oxygen atoms in total. The number of hydrogen-bond donors (Lipinski definition) is 2. The second-order valence-electron chi connectivity index (χ2n) is 6.18. The van der Waals surface area contributed by atoms with Gasteiger partial charge >= 0.3 is 11.3 Å². The van der Waals surface area contributed by atoms with Crippen LogP contribution < -0.4 is 10.6 Å². The third kappa shape index (κ3) is 4.62. The maximum Gasteiger partial charge on any atom is 0.400 e. The van der Waals surface area contributed by atoms with Gasteiger partial charge < -0.3 is 10.6 Å². The first-order valence-corrected chi connectivity index (χ1v) is 9.55. The topological polar surface area (TPSA) is 58.2 Å². The molecule has 27 heavy (non-hydrogen) atoms. The minimum Gasteiger partial charge on any atom is -0.322 e. The summed E-state index contributed by atoms with van der Waals surface area (Å²) in [6, 6.07) is 5.17. The molecule has 0 fully saturated rings. The molecule has 2 N–H and O–H groups in total. The van der Waals surface area contributed by atoms with Crippen molar-refractivity contribution in [3.8, 4) is 0 Å². The standard InChI is InChI=1S/C18H16ClF3N2O2S/c19-18(21,22)17(26)24-16-14(12-4-2-1-3-5-13(12)27-16)15(25)23-11-8-6-10(20)7-9-11/h6-9H,1-5H2,(H,23,25)(H,24,26). The minimum absolute atomic E-state index is 0.0480. The quantitative estimate of drug-likeness (QED) is 0.533. The molecular formula is C18H16ClF3N2O2S. The lowest BCUT2D eigenvalue weighted by molar-refractivity contribution is -0.130. The van der Waals surface area contributed by atoms with E-state index in [0.29, 0.717) is 18.5 Å². The summed E-state index contributed by atoms with van der Waals surface area (Å²) in [6.45, 7) is 0. The van der Waals surface area contributed by atoms with E-state index in [4.69, 9.17) is 11.6 Å². The fourth-order valence-electron chi connectivity index (χ4n) is 2.97. The summed E-state index contributed by atoms with van der Waals surface area (Å²) >= 11 is 5.90. The molecule has 144 valence electrons.